The van der Waals surface area contributed by atoms with Crippen LogP contribution in [0.1, 0.15) is 30.9 Å². The minimum absolute atomic E-state index is 0.472. The molecule has 0 amide bonds. The van der Waals surface area contributed by atoms with Crippen molar-refractivity contribution in [2.75, 3.05) is 0 Å². The summed E-state index contributed by atoms with van der Waals surface area (Å²) >= 11 is 0. The molecule has 2 heterocycles. The van der Waals surface area contributed by atoms with Gasteiger partial charge in [-0.3, -0.25) is 4.98 Å². The summed E-state index contributed by atoms with van der Waals surface area (Å²) in [6.45, 7) is 6.52. The minimum atomic E-state index is 0.472. The second-order valence-corrected chi connectivity index (χ2v) is 7.95. The summed E-state index contributed by atoms with van der Waals surface area (Å²) in [6, 6.07) is 25.5. The first-order chi connectivity index (χ1) is 14.1. The van der Waals surface area contributed by atoms with Crippen LogP contribution in [0.2, 0.25) is 0 Å². The molecule has 29 heavy (non-hydrogen) atoms. The van der Waals surface area contributed by atoms with Crippen LogP contribution in [0.3, 0.4) is 0 Å². The first-order valence-corrected chi connectivity index (χ1v) is 10.1. The van der Waals surface area contributed by atoms with E-state index in [4.69, 9.17) is 9.40 Å². The molecule has 142 valence electrons. The summed E-state index contributed by atoms with van der Waals surface area (Å²) in [5, 5.41) is 2.29. The molecule has 0 radical (unpaired) electrons. The molecule has 0 saturated heterocycles. The van der Waals surface area contributed by atoms with Crippen LogP contribution in [-0.2, 0) is 0 Å². The second-order valence-electron chi connectivity index (χ2n) is 7.95. The molecule has 0 aliphatic carbocycles. The van der Waals surface area contributed by atoms with Gasteiger partial charge in [0.05, 0.1) is 5.69 Å². The minimum Gasteiger partial charge on any atom is -0.455 e. The Morgan fingerprint density at radius 2 is 1.62 bits per heavy atom. The number of aromatic nitrogens is 1. The normalized spacial score (nSPS) is 11.6. The monoisotopic (exact) mass is 377 g/mol. The van der Waals surface area contributed by atoms with Gasteiger partial charge >= 0.3 is 0 Å². The zero-order valence-electron chi connectivity index (χ0n) is 16.9. The zero-order valence-corrected chi connectivity index (χ0v) is 16.9. The fourth-order valence-corrected chi connectivity index (χ4v) is 3.98. The fraction of sp³-hybridized carbons (Fsp3) is 0.148. The van der Waals surface area contributed by atoms with Crippen LogP contribution in [0.4, 0.5) is 0 Å². The molecule has 0 bridgehead atoms. The van der Waals surface area contributed by atoms with Crippen molar-refractivity contribution < 1.29 is 4.42 Å². The Kier molecular flexibility index (Phi) is 4.21. The number of furan rings is 1. The Morgan fingerprint density at radius 1 is 0.793 bits per heavy atom. The van der Waals surface area contributed by atoms with Crippen molar-refractivity contribution in [1.82, 2.24) is 4.98 Å². The van der Waals surface area contributed by atoms with Gasteiger partial charge in [0.2, 0.25) is 0 Å². The Hall–Kier alpha value is -3.39. The van der Waals surface area contributed by atoms with E-state index >= 15 is 0 Å². The molecular weight excluding hydrogens is 354 g/mol. The Labute approximate surface area is 170 Å². The van der Waals surface area contributed by atoms with E-state index in [9.17, 15) is 0 Å². The molecule has 0 saturated carbocycles. The van der Waals surface area contributed by atoms with Gasteiger partial charge in [-0.15, -0.1) is 0 Å². The van der Waals surface area contributed by atoms with Crippen molar-refractivity contribution in [2.24, 2.45) is 0 Å². The van der Waals surface area contributed by atoms with E-state index in [1.54, 1.807) is 0 Å². The maximum absolute atomic E-state index is 6.36. The van der Waals surface area contributed by atoms with E-state index in [0.29, 0.717) is 5.92 Å². The van der Waals surface area contributed by atoms with Crippen molar-refractivity contribution in [3.05, 3.63) is 90.1 Å². The first-order valence-electron chi connectivity index (χ1n) is 10.1. The predicted molar refractivity (Wildman–Crippen MR) is 121 cm³/mol. The maximum Gasteiger partial charge on any atom is 0.144 e. The van der Waals surface area contributed by atoms with E-state index in [-0.39, 0.29) is 0 Å². The van der Waals surface area contributed by atoms with Crippen LogP contribution < -0.4 is 0 Å². The predicted octanol–water partition coefficient (Wildman–Crippen LogP) is 7.75. The van der Waals surface area contributed by atoms with Gasteiger partial charge in [0.15, 0.2) is 0 Å². The van der Waals surface area contributed by atoms with Crippen molar-refractivity contribution in [3.8, 4) is 22.4 Å². The van der Waals surface area contributed by atoms with Crippen LogP contribution >= 0.6 is 0 Å². The van der Waals surface area contributed by atoms with Crippen LogP contribution in [0.25, 0.3) is 44.3 Å². The molecule has 0 atom stereocenters. The lowest BCUT2D eigenvalue weighted by atomic mass is 9.98. The van der Waals surface area contributed by atoms with Gasteiger partial charge in [0, 0.05) is 22.5 Å². The molecular formula is C27H23NO. The summed E-state index contributed by atoms with van der Waals surface area (Å²) in [5.74, 6) is 0.472. The smallest absolute Gasteiger partial charge is 0.144 e. The summed E-state index contributed by atoms with van der Waals surface area (Å²) in [5.41, 5.74) is 8.66. The number of pyridine rings is 1. The number of fused-ring (bicyclic) bond motifs is 3. The van der Waals surface area contributed by atoms with Crippen LogP contribution in [0.5, 0.6) is 0 Å². The third-order valence-electron chi connectivity index (χ3n) is 5.65. The highest BCUT2D eigenvalue weighted by Crippen LogP contribution is 2.37. The van der Waals surface area contributed by atoms with Gasteiger partial charge in [0.1, 0.15) is 11.2 Å². The molecule has 3 aromatic carbocycles. The Morgan fingerprint density at radius 3 is 2.41 bits per heavy atom. The third-order valence-corrected chi connectivity index (χ3v) is 5.65. The summed E-state index contributed by atoms with van der Waals surface area (Å²) in [7, 11) is 0. The number of para-hydroxylation sites is 1. The molecule has 0 unspecified atom stereocenters. The summed E-state index contributed by atoms with van der Waals surface area (Å²) < 4.78 is 6.36. The summed E-state index contributed by atoms with van der Waals surface area (Å²) in [6.07, 6.45) is 1.95. The third kappa shape index (κ3) is 3.01. The first kappa shape index (κ1) is 17.7. The number of rotatable bonds is 3. The number of hydrogen-bond donors (Lipinski definition) is 0. The van der Waals surface area contributed by atoms with Gasteiger partial charge < -0.3 is 4.42 Å². The van der Waals surface area contributed by atoms with E-state index in [1.165, 1.54) is 22.3 Å². The Balaban J connectivity index is 1.72. The second kappa shape index (κ2) is 6.89. The molecule has 0 N–H and O–H groups in total. The van der Waals surface area contributed by atoms with Crippen LogP contribution in [-0.4, -0.2) is 4.98 Å². The van der Waals surface area contributed by atoms with Crippen molar-refractivity contribution in [1.29, 1.82) is 0 Å². The van der Waals surface area contributed by atoms with Gasteiger partial charge in [-0.25, -0.2) is 0 Å². The van der Waals surface area contributed by atoms with E-state index < -0.39 is 0 Å². The Bertz CT molecular complexity index is 1330. The molecule has 0 spiro atoms. The number of nitrogens with zero attached hydrogens (tertiary/aromatic N) is 1. The molecule has 0 fully saturated rings. The highest BCUT2D eigenvalue weighted by atomic mass is 16.3. The van der Waals surface area contributed by atoms with Crippen LogP contribution in [0, 0.1) is 6.92 Å². The maximum atomic E-state index is 6.36. The fourth-order valence-electron chi connectivity index (χ4n) is 3.98. The van der Waals surface area contributed by atoms with Gasteiger partial charge in [0.25, 0.3) is 0 Å². The molecule has 5 rings (SSSR count). The van der Waals surface area contributed by atoms with Crippen molar-refractivity contribution in [2.45, 2.75) is 26.7 Å². The van der Waals surface area contributed by atoms with Crippen molar-refractivity contribution >= 4 is 21.9 Å². The molecule has 2 aromatic heterocycles. The lowest BCUT2D eigenvalue weighted by Gasteiger charge is -2.09. The lowest BCUT2D eigenvalue weighted by molar-refractivity contribution is 0.668. The SMILES string of the molecule is Cc1cnc(-c2cccc3c2oc2cc(C(C)C)ccc23)cc1-c1ccccc1. The lowest BCUT2D eigenvalue weighted by Crippen LogP contribution is -1.90. The average Bonchev–Trinajstić information content (AvgIpc) is 3.13. The molecule has 0 aliphatic rings. The van der Waals surface area contributed by atoms with E-state index in [1.807, 2.05) is 12.3 Å². The zero-order chi connectivity index (χ0) is 20.0. The van der Waals surface area contributed by atoms with Gasteiger partial charge in [-0.1, -0.05) is 68.4 Å². The highest BCUT2D eigenvalue weighted by molar-refractivity contribution is 6.09. The quantitative estimate of drug-likeness (QED) is 0.321. The van der Waals surface area contributed by atoms with Crippen LogP contribution in [0.15, 0.2) is 83.4 Å². The average molecular weight is 377 g/mol. The largest absolute Gasteiger partial charge is 0.455 e. The van der Waals surface area contributed by atoms with E-state index in [2.05, 4.69) is 87.5 Å². The van der Waals surface area contributed by atoms with Gasteiger partial charge in [-0.2, -0.15) is 0 Å². The highest BCUT2D eigenvalue weighted by Gasteiger charge is 2.15. The standard InChI is InChI=1S/C27H23NO/c1-17(2)20-12-13-21-22-10-7-11-23(27(22)29-26(21)14-20)25-15-24(18(3)16-28-25)19-8-5-4-6-9-19/h4-17H,1-3H3. The number of aryl methyl sites for hydroxylation is 1. The van der Waals surface area contributed by atoms with Gasteiger partial charge in [-0.05, 0) is 53.3 Å². The summed E-state index contributed by atoms with van der Waals surface area (Å²) in [4.78, 5) is 4.74. The molecule has 2 nitrogen and oxygen atoms in total. The number of hydrogen-bond acceptors (Lipinski definition) is 2. The topological polar surface area (TPSA) is 26.0 Å². The molecule has 5 aromatic rings. The van der Waals surface area contributed by atoms with Crippen molar-refractivity contribution in [3.63, 3.8) is 0 Å². The molecule has 2 heteroatoms. The number of benzene rings is 3. The molecule has 0 aliphatic heterocycles. The van der Waals surface area contributed by atoms with E-state index in [0.717, 1.165) is 33.2 Å².